The number of rotatable bonds is 4. The number of amidine groups is 2. The summed E-state index contributed by atoms with van der Waals surface area (Å²) in [6.07, 6.45) is 11.6. The van der Waals surface area contributed by atoms with Gasteiger partial charge >= 0.3 is 0 Å². The minimum atomic E-state index is -0.144. The molecule has 2 aliphatic carbocycles. The molecule has 2 heterocycles. The van der Waals surface area contributed by atoms with Crippen molar-refractivity contribution in [3.8, 4) is 22.3 Å². The summed E-state index contributed by atoms with van der Waals surface area (Å²) in [6, 6.07) is 41.7. The fraction of sp³-hybridized carbons (Fsp3) is 0.146. The average molecular weight is 691 g/mol. The van der Waals surface area contributed by atoms with Crippen LogP contribution in [0.1, 0.15) is 55.0 Å². The van der Waals surface area contributed by atoms with E-state index in [1.807, 2.05) is 36.4 Å². The largest absolute Gasteiger partial charge is 0.456 e. The lowest BCUT2D eigenvalue weighted by Gasteiger charge is -2.24. The molecule has 7 aromatic rings. The van der Waals surface area contributed by atoms with Crippen molar-refractivity contribution in [3.63, 3.8) is 0 Å². The number of aliphatic imine (C=N–C) groups is 2. The number of furan rings is 1. The number of pyridine rings is 1. The summed E-state index contributed by atoms with van der Waals surface area (Å²) in [5.74, 6) is 1.74. The van der Waals surface area contributed by atoms with Crippen LogP contribution >= 0.6 is 0 Å². The highest BCUT2D eigenvalue weighted by Crippen LogP contribution is 2.50. The highest BCUT2D eigenvalue weighted by molar-refractivity contribution is 6.13. The molecule has 9 rings (SSSR count). The third kappa shape index (κ3) is 6.40. The highest BCUT2D eigenvalue weighted by atomic mass is 16.3. The average Bonchev–Trinajstić information content (AvgIpc) is 3.69. The van der Waals surface area contributed by atoms with Gasteiger partial charge in [0.05, 0.1) is 0 Å². The van der Waals surface area contributed by atoms with Crippen molar-refractivity contribution in [2.45, 2.75) is 32.6 Å². The van der Waals surface area contributed by atoms with E-state index < -0.39 is 0 Å². The summed E-state index contributed by atoms with van der Waals surface area (Å²) in [6.45, 7) is 6.77. The molecule has 5 heteroatoms. The van der Waals surface area contributed by atoms with Gasteiger partial charge in [-0.05, 0) is 87.2 Å². The first-order chi connectivity index (χ1) is 25.8. The number of hydrogen-bond acceptors (Lipinski definition) is 3. The Kier molecular flexibility index (Phi) is 8.93. The fourth-order valence-electron chi connectivity index (χ4n) is 7.67. The third-order valence-electron chi connectivity index (χ3n) is 10.5. The number of hydrogen-bond donors (Lipinski definition) is 1. The van der Waals surface area contributed by atoms with Gasteiger partial charge in [-0.1, -0.05) is 130 Å². The first-order valence-corrected chi connectivity index (χ1v) is 18.2. The summed E-state index contributed by atoms with van der Waals surface area (Å²) in [7, 11) is 1.77. The predicted molar refractivity (Wildman–Crippen MR) is 221 cm³/mol. The molecule has 0 amide bonds. The molecular weight excluding hydrogens is 649 g/mol. The smallest absolute Gasteiger partial charge is 0.157 e. The molecule has 0 saturated carbocycles. The van der Waals surface area contributed by atoms with Crippen molar-refractivity contribution in [1.82, 2.24) is 4.98 Å². The Morgan fingerprint density at radius 2 is 1.45 bits per heavy atom. The van der Waals surface area contributed by atoms with E-state index in [2.05, 4.69) is 134 Å². The molecule has 260 valence electrons. The molecule has 0 fully saturated rings. The third-order valence-corrected chi connectivity index (χ3v) is 10.5. The van der Waals surface area contributed by atoms with E-state index in [1.165, 1.54) is 44.2 Å². The van der Waals surface area contributed by atoms with Crippen LogP contribution in [-0.2, 0) is 5.41 Å². The molecule has 0 saturated heterocycles. The monoisotopic (exact) mass is 690 g/mol. The van der Waals surface area contributed by atoms with E-state index in [9.17, 15) is 0 Å². The summed E-state index contributed by atoms with van der Waals surface area (Å²) in [4.78, 5) is 13.4. The van der Waals surface area contributed by atoms with Crippen molar-refractivity contribution in [2.75, 3.05) is 7.05 Å². The van der Waals surface area contributed by atoms with Crippen molar-refractivity contribution in [3.05, 3.63) is 180 Å². The van der Waals surface area contributed by atoms with Gasteiger partial charge in [0.2, 0.25) is 0 Å². The molecule has 0 bridgehead atoms. The molecule has 1 unspecified atom stereocenters. The molecule has 2 aromatic heterocycles. The Hall–Kier alpha value is -6.33. The van der Waals surface area contributed by atoms with Gasteiger partial charge in [-0.2, -0.15) is 0 Å². The minimum Gasteiger partial charge on any atom is -0.456 e. The normalized spacial score (nSPS) is 16.2. The van der Waals surface area contributed by atoms with Crippen LogP contribution in [0.15, 0.2) is 166 Å². The zero-order valence-corrected chi connectivity index (χ0v) is 30.5. The van der Waals surface area contributed by atoms with Crippen molar-refractivity contribution in [2.24, 2.45) is 21.6 Å². The summed E-state index contributed by atoms with van der Waals surface area (Å²) < 4.78 is 5.87. The maximum atomic E-state index is 6.45. The number of fused-ring (bicyclic) bond motifs is 6. The Bertz CT molecular complexity index is 2590. The summed E-state index contributed by atoms with van der Waals surface area (Å²) in [5, 5.41) is 2.39. The quantitative estimate of drug-likeness (QED) is 0.147. The fourth-order valence-corrected chi connectivity index (χ4v) is 7.67. The second-order valence-corrected chi connectivity index (χ2v) is 14.3. The maximum absolute atomic E-state index is 6.45. The molecule has 5 nitrogen and oxygen atoms in total. The second-order valence-electron chi connectivity index (χ2n) is 14.3. The van der Waals surface area contributed by atoms with Gasteiger partial charge in [0.1, 0.15) is 17.0 Å². The van der Waals surface area contributed by atoms with Crippen LogP contribution in [0.5, 0.6) is 0 Å². The predicted octanol–water partition coefficient (Wildman–Crippen LogP) is 11.4. The van der Waals surface area contributed by atoms with Gasteiger partial charge in [-0.25, -0.2) is 4.99 Å². The Balaban J connectivity index is 0.000000170. The van der Waals surface area contributed by atoms with Crippen LogP contribution in [0.25, 0.3) is 49.8 Å². The molecule has 0 aliphatic heterocycles. The van der Waals surface area contributed by atoms with E-state index in [0.29, 0.717) is 17.6 Å². The molecule has 0 spiro atoms. The van der Waals surface area contributed by atoms with E-state index in [-0.39, 0.29) is 5.41 Å². The van der Waals surface area contributed by atoms with Crippen molar-refractivity contribution >= 4 is 39.2 Å². The molecular formula is C48H42N4O. The number of allylic oxidation sites excluding steroid dienone is 4. The lowest BCUT2D eigenvalue weighted by atomic mass is 9.80. The number of aromatic nitrogens is 1. The van der Waals surface area contributed by atoms with Crippen LogP contribution in [-0.4, -0.2) is 23.7 Å². The minimum absolute atomic E-state index is 0.144. The lowest BCUT2D eigenvalue weighted by molar-refractivity contribution is 0.659. The standard InChI is InChI=1S/C29H26N4.C19H16O/c1-29(2)25-10-5-4-7-22(25)23-8-6-9-24(26(23)29)28(31-3)33-27(30)21-13-11-19(12-14-21)20-15-17-32-18-16-20;1-13-6-8-14(9-7-13)15-10-11-19-17(12-15)16-4-2-3-5-18(16)20-19/h4-18H,1-3H3,(H2,30,31,33);2-6,8-13H,7H2,1H3. The number of nitrogens with zero attached hydrogens (tertiary/aromatic N) is 3. The van der Waals surface area contributed by atoms with E-state index >= 15 is 0 Å². The van der Waals surface area contributed by atoms with E-state index in [4.69, 9.17) is 15.1 Å². The molecule has 53 heavy (non-hydrogen) atoms. The summed E-state index contributed by atoms with van der Waals surface area (Å²) in [5.41, 5.74) is 20.0. The Morgan fingerprint density at radius 3 is 2.23 bits per heavy atom. The Labute approximate surface area is 311 Å². The van der Waals surface area contributed by atoms with Gasteiger partial charge < -0.3 is 10.2 Å². The zero-order valence-electron chi connectivity index (χ0n) is 30.5. The van der Waals surface area contributed by atoms with Gasteiger partial charge in [-0.15, -0.1) is 0 Å². The zero-order chi connectivity index (χ0) is 36.5. The van der Waals surface area contributed by atoms with Crippen LogP contribution in [0.2, 0.25) is 0 Å². The summed E-state index contributed by atoms with van der Waals surface area (Å²) >= 11 is 0. The van der Waals surface area contributed by atoms with Crippen molar-refractivity contribution in [1.29, 1.82) is 0 Å². The van der Waals surface area contributed by atoms with Crippen LogP contribution in [0.3, 0.4) is 0 Å². The highest BCUT2D eigenvalue weighted by Gasteiger charge is 2.37. The maximum Gasteiger partial charge on any atom is 0.157 e. The number of para-hydroxylation sites is 1. The Morgan fingerprint density at radius 1 is 0.755 bits per heavy atom. The van der Waals surface area contributed by atoms with Crippen LogP contribution in [0, 0.1) is 5.92 Å². The SMILES string of the molecule is CC1C=CC(c2ccc3oc4ccccc4c3c2)=CC1.CN=C(N=C(N)c1ccc(-c2ccncc2)cc1)c1cccc2c1C(C)(C)c1ccccc1-2. The first kappa shape index (κ1) is 33.8. The second kappa shape index (κ2) is 14.0. The molecule has 2 aliphatic rings. The molecule has 5 aromatic carbocycles. The number of nitrogens with two attached hydrogens (primary N) is 1. The van der Waals surface area contributed by atoms with E-state index in [1.54, 1.807) is 19.4 Å². The molecule has 0 radical (unpaired) electrons. The lowest BCUT2D eigenvalue weighted by Crippen LogP contribution is -2.21. The molecule has 1 atom stereocenters. The topological polar surface area (TPSA) is 76.8 Å². The van der Waals surface area contributed by atoms with Gasteiger partial charge in [0.25, 0.3) is 0 Å². The van der Waals surface area contributed by atoms with Gasteiger partial charge in [-0.3, -0.25) is 9.98 Å². The van der Waals surface area contributed by atoms with Crippen LogP contribution in [0.4, 0.5) is 0 Å². The van der Waals surface area contributed by atoms with Crippen molar-refractivity contribution < 1.29 is 4.42 Å². The van der Waals surface area contributed by atoms with Gasteiger partial charge in [0.15, 0.2) is 5.84 Å². The number of benzene rings is 5. The van der Waals surface area contributed by atoms with Gasteiger partial charge in [0, 0.05) is 46.8 Å². The molecule has 2 N–H and O–H groups in total. The van der Waals surface area contributed by atoms with Crippen LogP contribution < -0.4 is 5.73 Å². The van der Waals surface area contributed by atoms with E-state index in [0.717, 1.165) is 39.8 Å². The first-order valence-electron chi connectivity index (χ1n) is 18.2.